The molecule has 1 heterocycles. The standard InChI is InChI=1S/C12H11F3N2O/c13-12(14,15)10-3-1-8(2-4-10)5-11-9(6-16)7-17-18-11/h1-4,7H,5-6,16H2. The van der Waals surface area contributed by atoms with Crippen LogP contribution in [0.4, 0.5) is 13.2 Å². The van der Waals surface area contributed by atoms with E-state index < -0.39 is 11.7 Å². The van der Waals surface area contributed by atoms with Gasteiger partial charge in [-0.25, -0.2) is 0 Å². The monoisotopic (exact) mass is 256 g/mol. The molecule has 0 amide bonds. The number of rotatable bonds is 3. The van der Waals surface area contributed by atoms with Crippen LogP contribution in [0.5, 0.6) is 0 Å². The van der Waals surface area contributed by atoms with E-state index in [1.807, 2.05) is 0 Å². The highest BCUT2D eigenvalue weighted by molar-refractivity contribution is 5.28. The van der Waals surface area contributed by atoms with E-state index in [0.717, 1.165) is 23.3 Å². The highest BCUT2D eigenvalue weighted by Gasteiger charge is 2.29. The van der Waals surface area contributed by atoms with Gasteiger partial charge >= 0.3 is 6.18 Å². The van der Waals surface area contributed by atoms with Crippen molar-refractivity contribution in [2.24, 2.45) is 5.73 Å². The van der Waals surface area contributed by atoms with Crippen LogP contribution in [0.2, 0.25) is 0 Å². The van der Waals surface area contributed by atoms with Crippen LogP contribution in [0.25, 0.3) is 0 Å². The van der Waals surface area contributed by atoms with Crippen LogP contribution in [0, 0.1) is 0 Å². The van der Waals surface area contributed by atoms with Crippen molar-refractivity contribution in [1.29, 1.82) is 0 Å². The minimum absolute atomic E-state index is 0.291. The van der Waals surface area contributed by atoms with Crippen LogP contribution in [0.3, 0.4) is 0 Å². The maximum absolute atomic E-state index is 12.4. The molecule has 2 N–H and O–H groups in total. The summed E-state index contributed by atoms with van der Waals surface area (Å²) in [7, 11) is 0. The molecule has 6 heteroatoms. The normalized spacial score (nSPS) is 11.8. The van der Waals surface area contributed by atoms with Crippen molar-refractivity contribution >= 4 is 0 Å². The third-order valence-electron chi connectivity index (χ3n) is 2.60. The lowest BCUT2D eigenvalue weighted by molar-refractivity contribution is -0.137. The minimum Gasteiger partial charge on any atom is -0.361 e. The molecule has 0 spiro atoms. The number of alkyl halides is 3. The number of benzene rings is 1. The molecule has 2 rings (SSSR count). The molecule has 0 bridgehead atoms. The lowest BCUT2D eigenvalue weighted by Crippen LogP contribution is -2.04. The van der Waals surface area contributed by atoms with Gasteiger partial charge in [0.05, 0.1) is 11.8 Å². The van der Waals surface area contributed by atoms with Crippen LogP contribution < -0.4 is 5.73 Å². The minimum atomic E-state index is -4.31. The molecule has 0 radical (unpaired) electrons. The van der Waals surface area contributed by atoms with E-state index in [2.05, 4.69) is 5.16 Å². The molecule has 3 nitrogen and oxygen atoms in total. The van der Waals surface area contributed by atoms with Gasteiger partial charge in [0, 0.05) is 18.5 Å². The van der Waals surface area contributed by atoms with Gasteiger partial charge in [0.15, 0.2) is 0 Å². The summed E-state index contributed by atoms with van der Waals surface area (Å²) in [6.07, 6.45) is -2.42. The largest absolute Gasteiger partial charge is 0.416 e. The molecule has 0 aliphatic heterocycles. The lowest BCUT2D eigenvalue weighted by Gasteiger charge is -2.07. The molecule has 18 heavy (non-hydrogen) atoms. The zero-order valence-corrected chi connectivity index (χ0v) is 9.37. The lowest BCUT2D eigenvalue weighted by atomic mass is 10.1. The summed E-state index contributed by atoms with van der Waals surface area (Å²) in [5.41, 5.74) is 6.29. The Balaban J connectivity index is 2.16. The van der Waals surface area contributed by atoms with Gasteiger partial charge in [-0.3, -0.25) is 0 Å². The Morgan fingerprint density at radius 1 is 1.17 bits per heavy atom. The van der Waals surface area contributed by atoms with Gasteiger partial charge in [0.2, 0.25) is 0 Å². The van der Waals surface area contributed by atoms with Crippen molar-refractivity contribution in [3.63, 3.8) is 0 Å². The first-order valence-corrected chi connectivity index (χ1v) is 5.29. The van der Waals surface area contributed by atoms with Crippen molar-refractivity contribution in [2.45, 2.75) is 19.1 Å². The molecule has 0 aliphatic rings. The molecule has 1 aromatic carbocycles. The van der Waals surface area contributed by atoms with E-state index in [4.69, 9.17) is 10.3 Å². The number of nitrogens with two attached hydrogens (primary N) is 1. The second kappa shape index (κ2) is 4.81. The molecule has 1 aromatic heterocycles. The van der Waals surface area contributed by atoms with Crippen molar-refractivity contribution < 1.29 is 17.7 Å². The second-order valence-electron chi connectivity index (χ2n) is 3.85. The number of aromatic nitrogens is 1. The number of nitrogens with zero attached hydrogens (tertiary/aromatic N) is 1. The van der Waals surface area contributed by atoms with Crippen LogP contribution >= 0.6 is 0 Å². The molecule has 0 saturated carbocycles. The molecule has 0 aliphatic carbocycles. The number of halogens is 3. The Bertz CT molecular complexity index is 517. The summed E-state index contributed by atoms with van der Waals surface area (Å²) < 4.78 is 42.1. The van der Waals surface area contributed by atoms with Crippen LogP contribution in [0.1, 0.15) is 22.5 Å². The third kappa shape index (κ3) is 2.70. The highest BCUT2D eigenvalue weighted by atomic mass is 19.4. The summed E-state index contributed by atoms with van der Waals surface area (Å²) in [6, 6.07) is 4.94. The zero-order valence-electron chi connectivity index (χ0n) is 9.37. The summed E-state index contributed by atoms with van der Waals surface area (Å²) in [5.74, 6) is 0.581. The van der Waals surface area contributed by atoms with Gasteiger partial charge < -0.3 is 10.3 Å². The Hall–Kier alpha value is -1.82. The zero-order chi connectivity index (χ0) is 13.2. The molecule has 0 fully saturated rings. The van der Waals surface area contributed by atoms with Crippen LogP contribution in [0.15, 0.2) is 35.0 Å². The topological polar surface area (TPSA) is 52.0 Å². The maximum atomic E-state index is 12.4. The Kier molecular flexibility index (Phi) is 3.38. The summed E-state index contributed by atoms with van der Waals surface area (Å²) >= 11 is 0. The average Bonchev–Trinajstić information content (AvgIpc) is 2.76. The number of hydrogen-bond donors (Lipinski definition) is 1. The van der Waals surface area contributed by atoms with E-state index in [1.54, 1.807) is 0 Å². The number of hydrogen-bond acceptors (Lipinski definition) is 3. The van der Waals surface area contributed by atoms with Gasteiger partial charge in [0.1, 0.15) is 5.76 Å². The van der Waals surface area contributed by atoms with E-state index in [-0.39, 0.29) is 0 Å². The first-order valence-electron chi connectivity index (χ1n) is 5.29. The van der Waals surface area contributed by atoms with Crippen molar-refractivity contribution in [3.8, 4) is 0 Å². The van der Waals surface area contributed by atoms with E-state index in [1.165, 1.54) is 18.3 Å². The molecule has 0 unspecified atom stereocenters. The fourth-order valence-electron chi connectivity index (χ4n) is 1.59. The van der Waals surface area contributed by atoms with Crippen LogP contribution in [-0.2, 0) is 19.1 Å². The average molecular weight is 256 g/mol. The van der Waals surface area contributed by atoms with Crippen molar-refractivity contribution in [2.75, 3.05) is 0 Å². The van der Waals surface area contributed by atoms with Crippen molar-refractivity contribution in [1.82, 2.24) is 5.16 Å². The SMILES string of the molecule is NCc1cnoc1Cc1ccc(C(F)(F)F)cc1. The van der Waals surface area contributed by atoms with Gasteiger partial charge in [-0.2, -0.15) is 13.2 Å². The van der Waals surface area contributed by atoms with E-state index >= 15 is 0 Å². The van der Waals surface area contributed by atoms with E-state index in [0.29, 0.717) is 18.7 Å². The van der Waals surface area contributed by atoms with Gasteiger partial charge in [-0.1, -0.05) is 17.3 Å². The molecular weight excluding hydrogens is 245 g/mol. The Morgan fingerprint density at radius 2 is 1.83 bits per heavy atom. The molecule has 96 valence electrons. The fourth-order valence-corrected chi connectivity index (χ4v) is 1.59. The van der Waals surface area contributed by atoms with Gasteiger partial charge in [-0.15, -0.1) is 0 Å². The molecule has 2 aromatic rings. The fraction of sp³-hybridized carbons (Fsp3) is 0.250. The quantitative estimate of drug-likeness (QED) is 0.918. The predicted molar refractivity (Wildman–Crippen MR) is 58.6 cm³/mol. The smallest absolute Gasteiger partial charge is 0.361 e. The third-order valence-corrected chi connectivity index (χ3v) is 2.60. The maximum Gasteiger partial charge on any atom is 0.416 e. The van der Waals surface area contributed by atoms with E-state index in [9.17, 15) is 13.2 Å². The van der Waals surface area contributed by atoms with Gasteiger partial charge in [-0.05, 0) is 17.7 Å². The summed E-state index contributed by atoms with van der Waals surface area (Å²) in [6.45, 7) is 0.291. The molecule has 0 atom stereocenters. The van der Waals surface area contributed by atoms with Crippen LogP contribution in [-0.4, -0.2) is 5.16 Å². The molecule has 0 saturated heterocycles. The Labute approximate surface area is 101 Å². The second-order valence-corrected chi connectivity index (χ2v) is 3.85. The van der Waals surface area contributed by atoms with Crippen molar-refractivity contribution in [3.05, 3.63) is 52.9 Å². The Morgan fingerprint density at radius 3 is 2.39 bits per heavy atom. The summed E-state index contributed by atoms with van der Waals surface area (Å²) in [4.78, 5) is 0. The highest BCUT2D eigenvalue weighted by Crippen LogP contribution is 2.29. The van der Waals surface area contributed by atoms with Gasteiger partial charge in [0.25, 0.3) is 0 Å². The summed E-state index contributed by atoms with van der Waals surface area (Å²) in [5, 5.41) is 3.61. The molecular formula is C12H11F3N2O. The predicted octanol–water partition coefficient (Wildman–Crippen LogP) is 2.74. The first-order chi connectivity index (χ1) is 8.50. The first kappa shape index (κ1) is 12.6.